The van der Waals surface area contributed by atoms with Crippen molar-refractivity contribution in [3.63, 3.8) is 0 Å². The second-order valence-corrected chi connectivity index (χ2v) is 9.49. The van der Waals surface area contributed by atoms with Crippen LogP contribution in [0, 0.1) is 0 Å². The zero-order chi connectivity index (χ0) is 27.9. The highest BCUT2D eigenvalue weighted by molar-refractivity contribution is 6.34. The lowest BCUT2D eigenvalue weighted by Gasteiger charge is -2.13. The molecule has 0 saturated carbocycles. The summed E-state index contributed by atoms with van der Waals surface area (Å²) in [5, 5.41) is 4.05. The van der Waals surface area contributed by atoms with Gasteiger partial charge in [0.25, 0.3) is 11.5 Å². The number of amides is 1. The number of halogens is 2. The molecular weight excluding hydrogens is 543 g/mol. The number of carbonyl (C=O) groups excluding carboxylic acids is 2. The topological polar surface area (TPSA) is 107 Å². The van der Waals surface area contributed by atoms with E-state index in [-0.39, 0.29) is 28.5 Å². The first-order valence-corrected chi connectivity index (χ1v) is 12.8. The second-order valence-electron chi connectivity index (χ2n) is 8.65. The van der Waals surface area contributed by atoms with Gasteiger partial charge in [-0.05, 0) is 54.4 Å². The van der Waals surface area contributed by atoms with E-state index in [0.717, 1.165) is 5.56 Å². The number of benzene rings is 3. The van der Waals surface area contributed by atoms with Crippen LogP contribution in [0.5, 0.6) is 11.5 Å². The number of hydrogen-bond acceptors (Lipinski definition) is 6. The molecule has 0 aliphatic carbocycles. The SMILES string of the molecule is COCCOc1cc2cc(C(=O)Nc3cc(C(=O)CCc4cccc(Cl)c4)ccc3Cl)c(=O)[nH]c2cc1OC. The molecule has 0 atom stereocenters. The smallest absolute Gasteiger partial charge is 0.261 e. The summed E-state index contributed by atoms with van der Waals surface area (Å²) in [5.74, 6) is 0.0597. The Morgan fingerprint density at radius 1 is 0.949 bits per heavy atom. The molecule has 2 N–H and O–H groups in total. The molecule has 0 saturated heterocycles. The highest BCUT2D eigenvalue weighted by atomic mass is 35.5. The van der Waals surface area contributed by atoms with E-state index in [4.69, 9.17) is 37.4 Å². The molecule has 0 fully saturated rings. The van der Waals surface area contributed by atoms with Crippen molar-refractivity contribution < 1.29 is 23.8 Å². The summed E-state index contributed by atoms with van der Waals surface area (Å²) < 4.78 is 16.1. The van der Waals surface area contributed by atoms with Gasteiger partial charge < -0.3 is 24.5 Å². The normalized spacial score (nSPS) is 10.9. The number of aromatic amines is 1. The molecule has 0 aliphatic rings. The summed E-state index contributed by atoms with van der Waals surface area (Å²) >= 11 is 12.3. The van der Waals surface area contributed by atoms with E-state index in [1.165, 1.54) is 25.3 Å². The fourth-order valence-corrected chi connectivity index (χ4v) is 4.35. The van der Waals surface area contributed by atoms with Gasteiger partial charge >= 0.3 is 0 Å². The maximum atomic E-state index is 13.1. The number of Topliss-reactive ketones (excluding diaryl/α,β-unsaturated/α-hetero) is 1. The largest absolute Gasteiger partial charge is 0.493 e. The Morgan fingerprint density at radius 2 is 1.77 bits per heavy atom. The Balaban J connectivity index is 1.54. The third-order valence-electron chi connectivity index (χ3n) is 5.98. The zero-order valence-corrected chi connectivity index (χ0v) is 22.8. The molecule has 1 heterocycles. The molecule has 1 aromatic heterocycles. The van der Waals surface area contributed by atoms with E-state index in [1.807, 2.05) is 18.2 Å². The molecule has 3 aromatic carbocycles. The van der Waals surface area contributed by atoms with Crippen LogP contribution < -0.4 is 20.3 Å². The fourth-order valence-electron chi connectivity index (χ4n) is 3.97. The molecule has 1 amide bonds. The first-order chi connectivity index (χ1) is 18.8. The molecule has 10 heteroatoms. The Labute approximate surface area is 234 Å². The minimum Gasteiger partial charge on any atom is -0.493 e. The molecule has 0 aliphatic heterocycles. The van der Waals surface area contributed by atoms with E-state index < -0.39 is 11.5 Å². The van der Waals surface area contributed by atoms with Crippen LogP contribution in [0.15, 0.2) is 65.5 Å². The lowest BCUT2D eigenvalue weighted by atomic mass is 10.0. The highest BCUT2D eigenvalue weighted by Gasteiger charge is 2.17. The second kappa shape index (κ2) is 12.8. The van der Waals surface area contributed by atoms with Gasteiger partial charge in [0.15, 0.2) is 17.3 Å². The Kier molecular flexibility index (Phi) is 9.24. The number of hydrogen-bond donors (Lipinski definition) is 2. The first-order valence-electron chi connectivity index (χ1n) is 12.0. The average Bonchev–Trinajstić information content (AvgIpc) is 2.92. The van der Waals surface area contributed by atoms with Crippen LogP contribution in [-0.2, 0) is 11.2 Å². The van der Waals surface area contributed by atoms with Crippen LogP contribution in [0.4, 0.5) is 5.69 Å². The number of anilines is 1. The minimum absolute atomic E-state index is 0.124. The van der Waals surface area contributed by atoms with Crippen LogP contribution in [0.1, 0.15) is 32.7 Å². The molecule has 4 rings (SSSR count). The van der Waals surface area contributed by atoms with Gasteiger partial charge in [-0.1, -0.05) is 35.3 Å². The summed E-state index contributed by atoms with van der Waals surface area (Å²) in [6, 6.07) is 16.7. The number of ketones is 1. The molecular formula is C29H26Cl2N2O6. The van der Waals surface area contributed by atoms with Crippen LogP contribution in [-0.4, -0.2) is 44.1 Å². The zero-order valence-electron chi connectivity index (χ0n) is 21.3. The van der Waals surface area contributed by atoms with E-state index in [2.05, 4.69) is 10.3 Å². The van der Waals surface area contributed by atoms with Crippen molar-refractivity contribution in [2.75, 3.05) is 32.8 Å². The Bertz CT molecular complexity index is 1580. The Hall–Kier alpha value is -3.85. The molecule has 39 heavy (non-hydrogen) atoms. The van der Waals surface area contributed by atoms with E-state index >= 15 is 0 Å². The summed E-state index contributed by atoms with van der Waals surface area (Å²) in [6.45, 7) is 0.672. The quantitative estimate of drug-likeness (QED) is 0.171. The molecule has 4 aromatic rings. The van der Waals surface area contributed by atoms with E-state index in [0.29, 0.717) is 52.6 Å². The maximum absolute atomic E-state index is 13.1. The van der Waals surface area contributed by atoms with Gasteiger partial charge in [-0.3, -0.25) is 14.4 Å². The lowest BCUT2D eigenvalue weighted by Crippen LogP contribution is -2.23. The van der Waals surface area contributed by atoms with Crippen molar-refractivity contribution in [1.82, 2.24) is 4.98 Å². The number of ether oxygens (including phenoxy) is 3. The summed E-state index contributed by atoms with van der Waals surface area (Å²) in [5.41, 5.74) is 1.28. The number of carbonyl (C=O) groups is 2. The van der Waals surface area contributed by atoms with Gasteiger partial charge in [0, 0.05) is 35.6 Å². The van der Waals surface area contributed by atoms with Crippen molar-refractivity contribution in [3.05, 3.63) is 97.8 Å². The van der Waals surface area contributed by atoms with Crippen molar-refractivity contribution in [2.45, 2.75) is 12.8 Å². The number of nitrogens with one attached hydrogen (secondary N) is 2. The van der Waals surface area contributed by atoms with Gasteiger partial charge in [0.1, 0.15) is 12.2 Å². The van der Waals surface area contributed by atoms with E-state index in [1.54, 1.807) is 31.4 Å². The number of pyridine rings is 1. The number of rotatable bonds is 11. The fraction of sp³-hybridized carbons (Fsp3) is 0.207. The van der Waals surface area contributed by atoms with Crippen LogP contribution in [0.25, 0.3) is 10.9 Å². The minimum atomic E-state index is -0.679. The van der Waals surface area contributed by atoms with Gasteiger partial charge in [0.05, 0.1) is 29.9 Å². The van der Waals surface area contributed by atoms with Crippen LogP contribution in [0.2, 0.25) is 10.0 Å². The van der Waals surface area contributed by atoms with Gasteiger partial charge in [-0.15, -0.1) is 0 Å². The van der Waals surface area contributed by atoms with Gasteiger partial charge in [0.2, 0.25) is 0 Å². The molecule has 0 bridgehead atoms. The molecule has 202 valence electrons. The van der Waals surface area contributed by atoms with Crippen molar-refractivity contribution in [1.29, 1.82) is 0 Å². The van der Waals surface area contributed by atoms with Crippen molar-refractivity contribution in [2.24, 2.45) is 0 Å². The molecule has 0 spiro atoms. The predicted octanol–water partition coefficient (Wildman–Crippen LogP) is 5.94. The summed E-state index contributed by atoms with van der Waals surface area (Å²) in [6.07, 6.45) is 0.760. The number of H-pyrrole nitrogens is 1. The Morgan fingerprint density at radius 3 is 2.51 bits per heavy atom. The third kappa shape index (κ3) is 6.97. The molecule has 0 unspecified atom stereocenters. The summed E-state index contributed by atoms with van der Waals surface area (Å²) in [4.78, 5) is 41.4. The van der Waals surface area contributed by atoms with Crippen LogP contribution in [0.3, 0.4) is 0 Å². The van der Waals surface area contributed by atoms with Crippen molar-refractivity contribution in [3.8, 4) is 11.5 Å². The van der Waals surface area contributed by atoms with Gasteiger partial charge in [-0.25, -0.2) is 0 Å². The predicted molar refractivity (Wildman–Crippen MR) is 152 cm³/mol. The summed E-state index contributed by atoms with van der Waals surface area (Å²) in [7, 11) is 3.06. The van der Waals surface area contributed by atoms with E-state index in [9.17, 15) is 14.4 Å². The standard InChI is InChI=1S/C29H26Cl2N2O6/c1-37-10-11-39-27-15-19-13-21(28(35)32-23(19)16-26(27)38-2)29(36)33-24-14-18(7-8-22(24)31)25(34)9-6-17-4-3-5-20(30)12-17/h3-5,7-8,12-16H,6,9-11H2,1-2H3,(H,32,35)(H,33,36). The first kappa shape index (κ1) is 28.2. The van der Waals surface area contributed by atoms with Gasteiger partial charge in [-0.2, -0.15) is 0 Å². The number of aryl methyl sites for hydroxylation is 1. The number of aromatic nitrogens is 1. The third-order valence-corrected chi connectivity index (χ3v) is 6.55. The molecule has 8 nitrogen and oxygen atoms in total. The monoisotopic (exact) mass is 568 g/mol. The van der Waals surface area contributed by atoms with Crippen molar-refractivity contribution >= 4 is 51.5 Å². The molecule has 0 radical (unpaired) electrons. The van der Waals surface area contributed by atoms with Crippen LogP contribution >= 0.6 is 23.2 Å². The number of methoxy groups -OCH3 is 2. The number of fused-ring (bicyclic) bond motifs is 1. The lowest BCUT2D eigenvalue weighted by molar-refractivity contribution is 0.0980. The maximum Gasteiger partial charge on any atom is 0.261 e. The average molecular weight is 569 g/mol. The highest BCUT2D eigenvalue weighted by Crippen LogP contribution is 2.32.